The molecule has 3 amide bonds. The van der Waals surface area contributed by atoms with Gasteiger partial charge in [0.25, 0.3) is 0 Å². The van der Waals surface area contributed by atoms with E-state index in [-0.39, 0.29) is 17.1 Å². The fourth-order valence-electron chi connectivity index (χ4n) is 5.51. The quantitative estimate of drug-likeness (QED) is 0.232. The summed E-state index contributed by atoms with van der Waals surface area (Å²) in [7, 11) is -3.43. The highest BCUT2D eigenvalue weighted by Gasteiger charge is 2.42. The van der Waals surface area contributed by atoms with Crippen LogP contribution in [0.3, 0.4) is 0 Å². The van der Waals surface area contributed by atoms with Crippen LogP contribution in [0, 0.1) is 17.8 Å². The van der Waals surface area contributed by atoms with Crippen LogP contribution in [0.4, 0.5) is 0 Å². The van der Waals surface area contributed by atoms with Crippen molar-refractivity contribution in [2.24, 2.45) is 23.5 Å². The molecule has 5 N–H and O–H groups in total. The van der Waals surface area contributed by atoms with Crippen molar-refractivity contribution in [1.29, 1.82) is 0 Å². The zero-order chi connectivity index (χ0) is 29.8. The number of epoxide rings is 1. The number of amides is 3. The molecule has 1 saturated carbocycles. The van der Waals surface area contributed by atoms with Crippen LogP contribution in [0.2, 0.25) is 0 Å². The Balaban J connectivity index is 1.84. The summed E-state index contributed by atoms with van der Waals surface area (Å²) in [6, 6.07) is 4.00. The molecule has 222 valence electrons. The zero-order valence-electron chi connectivity index (χ0n) is 23.5. The van der Waals surface area contributed by atoms with E-state index in [0.29, 0.717) is 24.5 Å². The first-order valence-electron chi connectivity index (χ1n) is 13.6. The number of aliphatic hydroxyl groups is 1. The van der Waals surface area contributed by atoms with E-state index < -0.39 is 63.2 Å². The fraction of sp³-hybridized carbons (Fsp3) is 0.643. The molecule has 1 aromatic carbocycles. The molecule has 1 heterocycles. The number of Topliss-reactive ketones (excluding diaryl/α,β-unsaturated/α-hetero) is 1. The summed E-state index contributed by atoms with van der Waals surface area (Å²) in [5.41, 5.74) is 4.46. The average Bonchev–Trinajstić information content (AvgIpc) is 3.57. The van der Waals surface area contributed by atoms with Gasteiger partial charge in [-0.1, -0.05) is 44.7 Å². The van der Waals surface area contributed by atoms with Crippen molar-refractivity contribution in [2.75, 3.05) is 12.9 Å². The lowest BCUT2D eigenvalue weighted by Crippen LogP contribution is -2.56. The van der Waals surface area contributed by atoms with Gasteiger partial charge in [-0.05, 0) is 43.9 Å². The van der Waals surface area contributed by atoms with Crippen molar-refractivity contribution in [3.63, 3.8) is 0 Å². The maximum absolute atomic E-state index is 13.6. The van der Waals surface area contributed by atoms with Crippen LogP contribution in [0.1, 0.15) is 58.4 Å². The standard InChI is InChI=1S/C28H41N3O8S/c1-16(23(25(29)33)28(2,3)36)26(34)31-21(14-18-9-11-19(12-10-18)40(4,37)38)27(35)30-20(24(32)22-15-39-22)13-17-7-5-6-8-17/h9-12,16-17,20-23,36H,5-8,13-15H2,1-4H3,(H2,29,33)(H,30,35)(H,31,34)/t16-,20+,21+,22-,23?/m1/s1. The van der Waals surface area contributed by atoms with Gasteiger partial charge in [-0.3, -0.25) is 19.2 Å². The topological polar surface area (TPSA) is 185 Å². The smallest absolute Gasteiger partial charge is 0.243 e. The van der Waals surface area contributed by atoms with Gasteiger partial charge in [-0.2, -0.15) is 0 Å². The summed E-state index contributed by atoms with van der Waals surface area (Å²) >= 11 is 0. The summed E-state index contributed by atoms with van der Waals surface area (Å²) < 4.78 is 28.9. The highest BCUT2D eigenvalue weighted by Crippen LogP contribution is 2.30. The van der Waals surface area contributed by atoms with Gasteiger partial charge in [-0.15, -0.1) is 0 Å². The Hall–Kier alpha value is -2.83. The van der Waals surface area contributed by atoms with E-state index in [0.717, 1.165) is 31.9 Å². The Labute approximate surface area is 235 Å². The van der Waals surface area contributed by atoms with Gasteiger partial charge in [-0.25, -0.2) is 8.42 Å². The molecule has 3 rings (SSSR count). The number of benzene rings is 1. The molecule has 0 aromatic heterocycles. The van der Waals surface area contributed by atoms with E-state index in [2.05, 4.69) is 10.6 Å². The van der Waals surface area contributed by atoms with Crippen LogP contribution < -0.4 is 16.4 Å². The Kier molecular flexibility index (Phi) is 10.1. The third-order valence-electron chi connectivity index (χ3n) is 7.76. The molecule has 1 saturated heterocycles. The third kappa shape index (κ3) is 8.58. The van der Waals surface area contributed by atoms with E-state index in [9.17, 15) is 32.7 Å². The molecule has 12 heteroatoms. The van der Waals surface area contributed by atoms with Crippen LogP contribution >= 0.6 is 0 Å². The van der Waals surface area contributed by atoms with Gasteiger partial charge in [0, 0.05) is 18.6 Å². The maximum Gasteiger partial charge on any atom is 0.243 e. The Morgan fingerprint density at radius 2 is 1.60 bits per heavy atom. The van der Waals surface area contributed by atoms with E-state index >= 15 is 0 Å². The SMILES string of the molecule is C[C@@H](C(=O)N[C@@H](Cc1ccc(S(C)(=O)=O)cc1)C(=O)N[C@@H](CC1CCCC1)C(=O)[C@H]1CO1)C(C(N)=O)C(C)(C)O. The second kappa shape index (κ2) is 12.8. The zero-order valence-corrected chi connectivity index (χ0v) is 24.3. The number of hydrogen-bond acceptors (Lipinski definition) is 8. The van der Waals surface area contributed by atoms with Crippen LogP contribution in [-0.2, 0) is 40.2 Å². The second-order valence-corrected chi connectivity index (χ2v) is 13.7. The Morgan fingerprint density at radius 3 is 2.08 bits per heavy atom. The summed E-state index contributed by atoms with van der Waals surface area (Å²) in [6.45, 7) is 4.50. The molecule has 40 heavy (non-hydrogen) atoms. The van der Waals surface area contributed by atoms with Crippen molar-refractivity contribution in [1.82, 2.24) is 10.6 Å². The number of carbonyl (C=O) groups is 4. The van der Waals surface area contributed by atoms with Gasteiger partial charge in [0.2, 0.25) is 17.7 Å². The van der Waals surface area contributed by atoms with Gasteiger partial charge in [0.1, 0.15) is 12.1 Å². The van der Waals surface area contributed by atoms with E-state index in [1.54, 1.807) is 12.1 Å². The number of hydrogen-bond donors (Lipinski definition) is 4. The number of primary amides is 1. The Morgan fingerprint density at radius 1 is 1.05 bits per heavy atom. The van der Waals surface area contributed by atoms with Gasteiger partial charge < -0.3 is 26.2 Å². The highest BCUT2D eigenvalue weighted by molar-refractivity contribution is 7.90. The summed E-state index contributed by atoms with van der Waals surface area (Å²) in [5, 5.41) is 15.9. The van der Waals surface area contributed by atoms with Crippen LogP contribution in [0.15, 0.2) is 29.2 Å². The number of carbonyl (C=O) groups excluding carboxylic acids is 4. The number of sulfone groups is 1. The molecule has 11 nitrogen and oxygen atoms in total. The van der Waals surface area contributed by atoms with Crippen molar-refractivity contribution in [2.45, 2.75) is 88.0 Å². The van der Waals surface area contributed by atoms with E-state index in [4.69, 9.17) is 10.5 Å². The number of nitrogens with one attached hydrogen (secondary N) is 2. The minimum absolute atomic E-state index is 0.0115. The minimum Gasteiger partial charge on any atom is -0.390 e. The molecule has 0 radical (unpaired) electrons. The normalized spacial score (nSPS) is 20.7. The van der Waals surface area contributed by atoms with Crippen molar-refractivity contribution in [3.05, 3.63) is 29.8 Å². The lowest BCUT2D eigenvalue weighted by atomic mass is 9.80. The molecule has 2 fully saturated rings. The van der Waals surface area contributed by atoms with E-state index in [1.165, 1.54) is 32.9 Å². The molecule has 5 atom stereocenters. The number of ketones is 1. The first-order chi connectivity index (χ1) is 18.6. The van der Waals surface area contributed by atoms with Crippen LogP contribution in [0.25, 0.3) is 0 Å². The molecule has 1 aliphatic carbocycles. The van der Waals surface area contributed by atoms with Gasteiger partial charge in [0.05, 0.1) is 29.1 Å². The van der Waals surface area contributed by atoms with Crippen LogP contribution in [0.5, 0.6) is 0 Å². The predicted octanol–water partition coefficient (Wildman–Crippen LogP) is 0.659. The first kappa shape index (κ1) is 31.7. The molecular weight excluding hydrogens is 538 g/mol. The minimum atomic E-state index is -3.43. The largest absolute Gasteiger partial charge is 0.390 e. The predicted molar refractivity (Wildman–Crippen MR) is 147 cm³/mol. The van der Waals surface area contributed by atoms with Gasteiger partial charge in [0.15, 0.2) is 15.6 Å². The van der Waals surface area contributed by atoms with Gasteiger partial charge >= 0.3 is 0 Å². The summed E-state index contributed by atoms with van der Waals surface area (Å²) in [5.74, 6) is -4.34. The average molecular weight is 580 g/mol. The monoisotopic (exact) mass is 579 g/mol. The molecule has 2 aliphatic rings. The molecular formula is C28H41N3O8S. The lowest BCUT2D eigenvalue weighted by Gasteiger charge is -2.32. The van der Waals surface area contributed by atoms with E-state index in [1.807, 2.05) is 0 Å². The molecule has 1 unspecified atom stereocenters. The molecule has 0 spiro atoms. The fourth-order valence-corrected chi connectivity index (χ4v) is 6.14. The molecule has 1 aliphatic heterocycles. The van der Waals surface area contributed by atoms with Crippen molar-refractivity contribution >= 4 is 33.3 Å². The first-order valence-corrected chi connectivity index (χ1v) is 15.5. The summed E-state index contributed by atoms with van der Waals surface area (Å²) in [6.07, 6.45) is 5.09. The highest BCUT2D eigenvalue weighted by atomic mass is 32.2. The summed E-state index contributed by atoms with van der Waals surface area (Å²) in [4.78, 5) is 52.0. The maximum atomic E-state index is 13.6. The second-order valence-electron chi connectivity index (χ2n) is 11.7. The number of nitrogens with two attached hydrogens (primary N) is 1. The van der Waals surface area contributed by atoms with Crippen molar-refractivity contribution in [3.8, 4) is 0 Å². The number of rotatable bonds is 14. The van der Waals surface area contributed by atoms with Crippen LogP contribution in [-0.4, -0.2) is 73.7 Å². The molecule has 1 aromatic rings. The number of ether oxygens (including phenoxy) is 1. The third-order valence-corrected chi connectivity index (χ3v) is 8.89. The molecule has 0 bridgehead atoms. The van der Waals surface area contributed by atoms with Crippen molar-refractivity contribution < 1.29 is 37.4 Å². The lowest BCUT2D eigenvalue weighted by molar-refractivity contribution is -0.142. The Bertz CT molecular complexity index is 1200.